The molecule has 3 aromatic rings. The summed E-state index contributed by atoms with van der Waals surface area (Å²) in [5.41, 5.74) is 2.49. The van der Waals surface area contributed by atoms with Crippen LogP contribution in [0, 0.1) is 0 Å². The molecule has 0 amide bonds. The number of hydrogen-bond acceptors (Lipinski definition) is 5. The van der Waals surface area contributed by atoms with Gasteiger partial charge < -0.3 is 9.47 Å². The van der Waals surface area contributed by atoms with Crippen molar-refractivity contribution in [1.29, 1.82) is 0 Å². The van der Waals surface area contributed by atoms with Crippen molar-refractivity contribution in [2.45, 2.75) is 6.54 Å². The van der Waals surface area contributed by atoms with Gasteiger partial charge in [0.15, 0.2) is 11.5 Å². The van der Waals surface area contributed by atoms with Crippen molar-refractivity contribution in [2.75, 3.05) is 14.2 Å². The Labute approximate surface area is 145 Å². The summed E-state index contributed by atoms with van der Waals surface area (Å²) in [6.07, 6.45) is 1.74. The predicted molar refractivity (Wildman–Crippen MR) is 94.1 cm³/mol. The average molecular weight is 362 g/mol. The SMILES string of the molecule is COc1cc2cnn(-c3ccc(CNS(N)(=O)=O)cc3)c2cc1OC. The molecular weight excluding hydrogens is 344 g/mol. The van der Waals surface area contributed by atoms with E-state index in [4.69, 9.17) is 14.6 Å². The molecule has 0 atom stereocenters. The molecule has 0 aliphatic carbocycles. The third-order valence-corrected chi connectivity index (χ3v) is 4.28. The van der Waals surface area contributed by atoms with E-state index >= 15 is 0 Å². The molecule has 0 radical (unpaired) electrons. The third-order valence-electron chi connectivity index (χ3n) is 3.73. The number of ether oxygens (including phenoxy) is 2. The van der Waals surface area contributed by atoms with Gasteiger partial charge in [-0.3, -0.25) is 0 Å². The Kier molecular flexibility index (Phi) is 4.62. The largest absolute Gasteiger partial charge is 0.493 e. The highest BCUT2D eigenvalue weighted by Crippen LogP contribution is 2.32. The average Bonchev–Trinajstić information content (AvgIpc) is 3.01. The lowest BCUT2D eigenvalue weighted by Gasteiger charge is -2.09. The first-order valence-electron chi connectivity index (χ1n) is 7.38. The maximum Gasteiger partial charge on any atom is 0.274 e. The minimum absolute atomic E-state index is 0.129. The van der Waals surface area contributed by atoms with E-state index in [9.17, 15) is 8.42 Å². The molecule has 0 fully saturated rings. The van der Waals surface area contributed by atoms with Gasteiger partial charge in [-0.2, -0.15) is 18.2 Å². The van der Waals surface area contributed by atoms with Crippen LogP contribution < -0.4 is 19.3 Å². The Morgan fingerprint density at radius 1 is 1.12 bits per heavy atom. The van der Waals surface area contributed by atoms with E-state index in [1.165, 1.54) is 0 Å². The molecule has 3 rings (SSSR count). The number of methoxy groups -OCH3 is 2. The Balaban J connectivity index is 1.94. The molecule has 0 unspecified atom stereocenters. The molecule has 0 spiro atoms. The maximum absolute atomic E-state index is 10.9. The minimum atomic E-state index is -3.71. The Bertz CT molecular complexity index is 997. The van der Waals surface area contributed by atoms with Crippen molar-refractivity contribution in [3.05, 3.63) is 48.2 Å². The van der Waals surface area contributed by atoms with Crippen LogP contribution >= 0.6 is 0 Å². The van der Waals surface area contributed by atoms with Gasteiger partial charge in [0.2, 0.25) is 0 Å². The highest BCUT2D eigenvalue weighted by atomic mass is 32.2. The van der Waals surface area contributed by atoms with E-state index in [1.807, 2.05) is 36.4 Å². The van der Waals surface area contributed by atoms with Crippen LogP contribution in [0.25, 0.3) is 16.6 Å². The van der Waals surface area contributed by atoms with E-state index in [0.29, 0.717) is 11.5 Å². The molecule has 0 aliphatic heterocycles. The fourth-order valence-corrected chi connectivity index (χ4v) is 2.87. The number of fused-ring (bicyclic) bond motifs is 1. The first kappa shape index (κ1) is 17.2. The number of nitrogens with two attached hydrogens (primary N) is 1. The summed E-state index contributed by atoms with van der Waals surface area (Å²) >= 11 is 0. The zero-order chi connectivity index (χ0) is 18.0. The van der Waals surface area contributed by atoms with Crippen molar-refractivity contribution in [1.82, 2.24) is 14.5 Å². The Morgan fingerprint density at radius 2 is 1.76 bits per heavy atom. The molecule has 0 aliphatic rings. The maximum atomic E-state index is 10.9. The summed E-state index contributed by atoms with van der Waals surface area (Å²) < 4.78 is 36.6. The third kappa shape index (κ3) is 3.73. The summed E-state index contributed by atoms with van der Waals surface area (Å²) in [6.45, 7) is 0.129. The van der Waals surface area contributed by atoms with Crippen LogP contribution in [0.5, 0.6) is 11.5 Å². The topological polar surface area (TPSA) is 108 Å². The van der Waals surface area contributed by atoms with Crippen LogP contribution in [0.2, 0.25) is 0 Å². The summed E-state index contributed by atoms with van der Waals surface area (Å²) in [5.74, 6) is 1.25. The van der Waals surface area contributed by atoms with E-state index in [-0.39, 0.29) is 6.54 Å². The minimum Gasteiger partial charge on any atom is -0.493 e. The van der Waals surface area contributed by atoms with Gasteiger partial charge in [-0.25, -0.2) is 9.82 Å². The first-order chi connectivity index (χ1) is 11.9. The van der Waals surface area contributed by atoms with Crippen molar-refractivity contribution in [2.24, 2.45) is 5.14 Å². The van der Waals surface area contributed by atoms with Gasteiger partial charge in [-0.1, -0.05) is 12.1 Å². The zero-order valence-corrected chi connectivity index (χ0v) is 14.6. The van der Waals surface area contributed by atoms with Crippen molar-refractivity contribution in [3.63, 3.8) is 0 Å². The fraction of sp³-hybridized carbons (Fsp3) is 0.188. The first-order valence-corrected chi connectivity index (χ1v) is 8.92. The van der Waals surface area contributed by atoms with Crippen LogP contribution in [0.3, 0.4) is 0 Å². The molecule has 132 valence electrons. The number of nitrogens with zero attached hydrogens (tertiary/aromatic N) is 2. The van der Waals surface area contributed by atoms with Crippen LogP contribution in [0.1, 0.15) is 5.56 Å². The lowest BCUT2D eigenvalue weighted by atomic mass is 10.2. The van der Waals surface area contributed by atoms with Crippen LogP contribution in [0.15, 0.2) is 42.6 Å². The lowest BCUT2D eigenvalue weighted by molar-refractivity contribution is 0.356. The van der Waals surface area contributed by atoms with E-state index in [2.05, 4.69) is 9.82 Å². The molecule has 9 heteroatoms. The molecule has 2 aromatic carbocycles. The fourth-order valence-electron chi connectivity index (χ4n) is 2.50. The molecule has 0 saturated carbocycles. The summed E-state index contributed by atoms with van der Waals surface area (Å²) in [5, 5.41) is 10.2. The zero-order valence-electron chi connectivity index (χ0n) is 13.8. The normalized spacial score (nSPS) is 11.6. The van der Waals surface area contributed by atoms with Crippen molar-refractivity contribution >= 4 is 21.1 Å². The highest BCUT2D eigenvalue weighted by molar-refractivity contribution is 7.87. The smallest absolute Gasteiger partial charge is 0.274 e. The number of hydrogen-bond donors (Lipinski definition) is 2. The summed E-state index contributed by atoms with van der Waals surface area (Å²) in [7, 11) is -0.545. The van der Waals surface area contributed by atoms with E-state index in [0.717, 1.165) is 22.2 Å². The summed E-state index contributed by atoms with van der Waals surface area (Å²) in [6, 6.07) is 11.0. The quantitative estimate of drug-likeness (QED) is 0.688. The predicted octanol–water partition coefficient (Wildman–Crippen LogP) is 1.34. The molecule has 1 aromatic heterocycles. The van der Waals surface area contributed by atoms with Gasteiger partial charge in [-0.15, -0.1) is 0 Å². The number of aromatic nitrogens is 2. The second kappa shape index (κ2) is 6.71. The molecule has 3 N–H and O–H groups in total. The van der Waals surface area contributed by atoms with Crippen LogP contribution in [-0.4, -0.2) is 32.4 Å². The second-order valence-corrected chi connectivity index (χ2v) is 6.73. The van der Waals surface area contributed by atoms with Crippen LogP contribution in [-0.2, 0) is 16.8 Å². The molecule has 25 heavy (non-hydrogen) atoms. The van der Waals surface area contributed by atoms with E-state index in [1.54, 1.807) is 25.1 Å². The van der Waals surface area contributed by atoms with Gasteiger partial charge in [0.05, 0.1) is 31.6 Å². The van der Waals surface area contributed by atoms with Crippen molar-refractivity contribution < 1.29 is 17.9 Å². The van der Waals surface area contributed by atoms with E-state index < -0.39 is 10.2 Å². The summed E-state index contributed by atoms with van der Waals surface area (Å²) in [4.78, 5) is 0. The molecular formula is C16H18N4O4S. The van der Waals surface area contributed by atoms with Crippen LogP contribution in [0.4, 0.5) is 0 Å². The number of rotatable bonds is 6. The Morgan fingerprint density at radius 3 is 2.36 bits per heavy atom. The monoisotopic (exact) mass is 362 g/mol. The number of benzene rings is 2. The molecule has 0 bridgehead atoms. The highest BCUT2D eigenvalue weighted by Gasteiger charge is 2.11. The molecule has 0 saturated heterocycles. The van der Waals surface area contributed by atoms with Gasteiger partial charge in [-0.05, 0) is 23.8 Å². The molecule has 8 nitrogen and oxygen atoms in total. The van der Waals surface area contributed by atoms with Gasteiger partial charge in [0, 0.05) is 18.0 Å². The lowest BCUT2D eigenvalue weighted by Crippen LogP contribution is -2.30. The van der Waals surface area contributed by atoms with Gasteiger partial charge in [0.25, 0.3) is 10.2 Å². The van der Waals surface area contributed by atoms with Crippen molar-refractivity contribution in [3.8, 4) is 17.2 Å². The molecule has 1 heterocycles. The van der Waals surface area contributed by atoms with Gasteiger partial charge in [0.1, 0.15) is 0 Å². The number of nitrogens with one attached hydrogen (secondary N) is 1. The Hall–Kier alpha value is -2.62. The second-order valence-electron chi connectivity index (χ2n) is 5.35. The standard InChI is InChI=1S/C16H18N4O4S/c1-23-15-7-12-10-18-20(14(12)8-16(15)24-2)13-5-3-11(4-6-13)9-19-25(17,21)22/h3-8,10,19H,9H2,1-2H3,(H2,17,21,22). The van der Waals surface area contributed by atoms with Gasteiger partial charge >= 0.3 is 0 Å².